The molecule has 0 aliphatic rings. The minimum Gasteiger partial charge on any atom is -0.494 e. The second-order valence-corrected chi connectivity index (χ2v) is 4.85. The van der Waals surface area contributed by atoms with E-state index in [0.29, 0.717) is 13.2 Å². The summed E-state index contributed by atoms with van der Waals surface area (Å²) in [5.41, 5.74) is 1.21. The fourth-order valence-corrected chi connectivity index (χ4v) is 2.38. The summed E-state index contributed by atoms with van der Waals surface area (Å²) in [4.78, 5) is 0. The number of aliphatic hydroxyl groups excluding tert-OH is 1. The molecule has 0 atom stereocenters. The van der Waals surface area contributed by atoms with Gasteiger partial charge in [-0.25, -0.2) is 0 Å². The van der Waals surface area contributed by atoms with Gasteiger partial charge in [0.05, 0.1) is 13.2 Å². The molecule has 0 fully saturated rings. The molecule has 2 aromatic carbocycles. The average molecular weight is 361 g/mol. The fourth-order valence-electron chi connectivity index (χ4n) is 2.38. The third-order valence-electron chi connectivity index (χ3n) is 3.37. The van der Waals surface area contributed by atoms with Gasteiger partial charge in [-0.3, -0.25) is 0 Å². The molecule has 23 heavy (non-hydrogen) atoms. The summed E-state index contributed by atoms with van der Waals surface area (Å²) >= 11 is 0. The van der Waals surface area contributed by atoms with E-state index in [1.807, 2.05) is 13.0 Å². The minimum atomic E-state index is 0. The number of hydrogen-bond donors (Lipinski definition) is 3. The van der Waals surface area contributed by atoms with Crippen LogP contribution in [0.3, 0.4) is 0 Å². The molecule has 0 unspecified atom stereocenters. The smallest absolute Gasteiger partial charge is 0.124 e. The highest BCUT2D eigenvalue weighted by Crippen LogP contribution is 2.28. The molecule has 4 nitrogen and oxygen atoms in total. The van der Waals surface area contributed by atoms with Crippen molar-refractivity contribution in [1.29, 1.82) is 0 Å². The molecule has 3 N–H and O–H groups in total. The predicted octanol–water partition coefficient (Wildman–Crippen LogP) is 2.75. The highest BCUT2D eigenvalue weighted by molar-refractivity contribution is 5.87. The van der Waals surface area contributed by atoms with Crippen molar-refractivity contribution in [2.24, 2.45) is 0 Å². The van der Waals surface area contributed by atoms with E-state index in [4.69, 9.17) is 9.84 Å². The maximum atomic E-state index is 8.72. The van der Waals surface area contributed by atoms with E-state index in [9.17, 15) is 0 Å². The molecule has 2 aromatic rings. The Bertz CT molecular complexity index is 567. The summed E-state index contributed by atoms with van der Waals surface area (Å²) < 4.78 is 5.75. The van der Waals surface area contributed by atoms with Crippen molar-refractivity contribution >= 4 is 35.6 Å². The summed E-state index contributed by atoms with van der Waals surface area (Å²) in [7, 11) is 0. The Morgan fingerprint density at radius 3 is 2.43 bits per heavy atom. The molecule has 0 spiro atoms. The first-order valence-electron chi connectivity index (χ1n) is 7.52. The number of benzene rings is 2. The SMILES string of the molecule is CCOc1ccc2ccccc2c1CNCCNCCO.Cl.Cl. The van der Waals surface area contributed by atoms with Crippen molar-refractivity contribution in [3.8, 4) is 5.75 Å². The predicted molar refractivity (Wildman–Crippen MR) is 101 cm³/mol. The zero-order valence-electron chi connectivity index (χ0n) is 13.4. The Balaban J connectivity index is 0.00000242. The molecule has 0 heterocycles. The van der Waals surface area contributed by atoms with E-state index in [2.05, 4.69) is 41.0 Å². The first-order chi connectivity index (χ1) is 10.4. The van der Waals surface area contributed by atoms with Crippen LogP contribution in [0, 0.1) is 0 Å². The summed E-state index contributed by atoms with van der Waals surface area (Å²) in [5, 5.41) is 17.8. The zero-order chi connectivity index (χ0) is 14.9. The quantitative estimate of drug-likeness (QED) is 0.602. The molecule has 0 amide bonds. The van der Waals surface area contributed by atoms with Crippen LogP contribution in [0.4, 0.5) is 0 Å². The number of fused-ring (bicyclic) bond motifs is 1. The van der Waals surface area contributed by atoms with Crippen molar-refractivity contribution in [3.05, 3.63) is 42.0 Å². The van der Waals surface area contributed by atoms with Crippen LogP contribution >= 0.6 is 24.8 Å². The van der Waals surface area contributed by atoms with Gasteiger partial charge in [0, 0.05) is 31.7 Å². The molecule has 0 bridgehead atoms. The molecule has 0 saturated heterocycles. The van der Waals surface area contributed by atoms with Gasteiger partial charge in [0.2, 0.25) is 0 Å². The molecule has 0 aromatic heterocycles. The van der Waals surface area contributed by atoms with Crippen LogP contribution in [0.25, 0.3) is 10.8 Å². The van der Waals surface area contributed by atoms with Gasteiger partial charge in [-0.15, -0.1) is 24.8 Å². The lowest BCUT2D eigenvalue weighted by atomic mass is 10.0. The van der Waals surface area contributed by atoms with E-state index in [0.717, 1.165) is 25.4 Å². The summed E-state index contributed by atoms with van der Waals surface area (Å²) in [6, 6.07) is 12.5. The Hall–Kier alpha value is -1.04. The highest BCUT2D eigenvalue weighted by atomic mass is 35.5. The normalized spacial score (nSPS) is 10.0. The van der Waals surface area contributed by atoms with Crippen LogP contribution in [-0.4, -0.2) is 38.0 Å². The maximum Gasteiger partial charge on any atom is 0.124 e. The van der Waals surface area contributed by atoms with Gasteiger partial charge in [0.25, 0.3) is 0 Å². The lowest BCUT2D eigenvalue weighted by molar-refractivity contribution is 0.292. The monoisotopic (exact) mass is 360 g/mol. The second-order valence-electron chi connectivity index (χ2n) is 4.85. The highest BCUT2D eigenvalue weighted by Gasteiger charge is 2.08. The van der Waals surface area contributed by atoms with Crippen LogP contribution in [0.5, 0.6) is 5.75 Å². The molecule has 6 heteroatoms. The number of halogens is 2. The molecular formula is C17H26Cl2N2O2. The number of ether oxygens (including phenoxy) is 1. The first-order valence-corrected chi connectivity index (χ1v) is 7.52. The van der Waals surface area contributed by atoms with Crippen LogP contribution in [0.15, 0.2) is 36.4 Å². The Kier molecular flexibility index (Phi) is 11.8. The van der Waals surface area contributed by atoms with E-state index >= 15 is 0 Å². The molecular weight excluding hydrogens is 335 g/mol. The Morgan fingerprint density at radius 2 is 1.70 bits per heavy atom. The number of rotatable bonds is 9. The van der Waals surface area contributed by atoms with Crippen molar-refractivity contribution in [2.45, 2.75) is 13.5 Å². The molecule has 0 saturated carbocycles. The van der Waals surface area contributed by atoms with E-state index < -0.39 is 0 Å². The lowest BCUT2D eigenvalue weighted by Crippen LogP contribution is -2.29. The maximum absolute atomic E-state index is 8.72. The van der Waals surface area contributed by atoms with Gasteiger partial charge >= 0.3 is 0 Å². The van der Waals surface area contributed by atoms with E-state index in [-0.39, 0.29) is 31.4 Å². The molecule has 0 radical (unpaired) electrons. The summed E-state index contributed by atoms with van der Waals surface area (Å²) in [5.74, 6) is 0.951. The second kappa shape index (κ2) is 12.4. The third kappa shape index (κ3) is 6.53. The van der Waals surface area contributed by atoms with Crippen molar-refractivity contribution in [3.63, 3.8) is 0 Å². The summed E-state index contributed by atoms with van der Waals surface area (Å²) in [6.45, 7) is 5.97. The van der Waals surface area contributed by atoms with Crippen molar-refractivity contribution < 1.29 is 9.84 Å². The van der Waals surface area contributed by atoms with Crippen molar-refractivity contribution in [1.82, 2.24) is 10.6 Å². The topological polar surface area (TPSA) is 53.5 Å². The molecule has 130 valence electrons. The lowest BCUT2D eigenvalue weighted by Gasteiger charge is -2.14. The zero-order valence-corrected chi connectivity index (χ0v) is 15.0. The van der Waals surface area contributed by atoms with Crippen LogP contribution < -0.4 is 15.4 Å². The Labute approximate surface area is 150 Å². The van der Waals surface area contributed by atoms with Gasteiger partial charge in [-0.05, 0) is 23.8 Å². The largest absolute Gasteiger partial charge is 0.494 e. The fraction of sp³-hybridized carbons (Fsp3) is 0.412. The number of hydrogen-bond acceptors (Lipinski definition) is 4. The minimum absolute atomic E-state index is 0. The van der Waals surface area contributed by atoms with Gasteiger partial charge in [-0.1, -0.05) is 30.3 Å². The molecule has 0 aliphatic heterocycles. The van der Waals surface area contributed by atoms with E-state index in [1.165, 1.54) is 16.3 Å². The summed E-state index contributed by atoms with van der Waals surface area (Å²) in [6.07, 6.45) is 0. The van der Waals surface area contributed by atoms with Crippen LogP contribution in [0.2, 0.25) is 0 Å². The third-order valence-corrected chi connectivity index (χ3v) is 3.37. The first kappa shape index (κ1) is 22.0. The van der Waals surface area contributed by atoms with Crippen molar-refractivity contribution in [2.75, 3.05) is 32.8 Å². The molecule has 2 rings (SSSR count). The van der Waals surface area contributed by atoms with Crippen LogP contribution in [-0.2, 0) is 6.54 Å². The van der Waals surface area contributed by atoms with Gasteiger partial charge in [0.1, 0.15) is 5.75 Å². The van der Waals surface area contributed by atoms with Gasteiger partial charge in [-0.2, -0.15) is 0 Å². The van der Waals surface area contributed by atoms with Crippen LogP contribution in [0.1, 0.15) is 12.5 Å². The number of nitrogens with one attached hydrogen (secondary N) is 2. The standard InChI is InChI=1S/C17H24N2O2.2ClH/c1-2-21-17-8-7-14-5-3-4-6-15(14)16(17)13-19-10-9-18-11-12-20;;/h3-8,18-20H,2,9-13H2,1H3;2*1H. The Morgan fingerprint density at radius 1 is 0.957 bits per heavy atom. The van der Waals surface area contributed by atoms with Gasteiger partial charge < -0.3 is 20.5 Å². The molecule has 0 aliphatic carbocycles. The van der Waals surface area contributed by atoms with Gasteiger partial charge in [0.15, 0.2) is 0 Å². The van der Waals surface area contributed by atoms with E-state index in [1.54, 1.807) is 0 Å². The number of aliphatic hydroxyl groups is 1. The average Bonchev–Trinajstić information content (AvgIpc) is 2.52.